The van der Waals surface area contributed by atoms with Crippen molar-refractivity contribution in [2.24, 2.45) is 5.41 Å². The van der Waals surface area contributed by atoms with Gasteiger partial charge in [-0.25, -0.2) is 17.7 Å². The minimum atomic E-state index is -3.23. The number of hydrogen-bond donors (Lipinski definition) is 0. The van der Waals surface area contributed by atoms with Crippen LogP contribution in [0, 0.1) is 12.3 Å². The van der Waals surface area contributed by atoms with E-state index in [1.807, 2.05) is 17.2 Å². The molecule has 122 valence electrons. The van der Waals surface area contributed by atoms with Gasteiger partial charge in [0.15, 0.2) is 0 Å². The Morgan fingerprint density at radius 2 is 2.14 bits per heavy atom. The number of piperidine rings is 1. The van der Waals surface area contributed by atoms with E-state index in [1.54, 1.807) is 11.3 Å². The quantitative estimate of drug-likeness (QED) is 0.827. The molecule has 1 amide bonds. The lowest BCUT2D eigenvalue weighted by Crippen LogP contribution is -2.49. The number of hydrogen-bond acceptors (Lipinski definition) is 5. The zero-order chi connectivity index (χ0) is 16.0. The second-order valence-corrected chi connectivity index (χ2v) is 9.36. The fourth-order valence-corrected chi connectivity index (χ4v) is 5.02. The third-order valence-electron chi connectivity index (χ3n) is 4.63. The summed E-state index contributed by atoms with van der Waals surface area (Å²) in [4.78, 5) is 19.1. The zero-order valence-electron chi connectivity index (χ0n) is 12.9. The van der Waals surface area contributed by atoms with Crippen molar-refractivity contribution in [3.8, 4) is 0 Å². The number of nitrogens with zero attached hydrogens (tertiary/aromatic N) is 3. The Morgan fingerprint density at radius 1 is 1.36 bits per heavy atom. The average molecular weight is 343 g/mol. The van der Waals surface area contributed by atoms with E-state index in [9.17, 15) is 13.2 Å². The zero-order valence-corrected chi connectivity index (χ0v) is 14.5. The summed E-state index contributed by atoms with van der Waals surface area (Å²) in [6.07, 6.45) is 3.50. The van der Waals surface area contributed by atoms with Gasteiger partial charge in [0.25, 0.3) is 0 Å². The first-order chi connectivity index (χ1) is 10.3. The fourth-order valence-electron chi connectivity index (χ4n) is 3.47. The van der Waals surface area contributed by atoms with Gasteiger partial charge in [-0.2, -0.15) is 0 Å². The van der Waals surface area contributed by atoms with Crippen molar-refractivity contribution >= 4 is 27.3 Å². The predicted molar refractivity (Wildman–Crippen MR) is 85.0 cm³/mol. The van der Waals surface area contributed by atoms with Gasteiger partial charge >= 0.3 is 0 Å². The van der Waals surface area contributed by atoms with Gasteiger partial charge in [-0.15, -0.1) is 11.3 Å². The third-order valence-corrected chi connectivity index (χ3v) is 6.70. The van der Waals surface area contributed by atoms with E-state index in [1.165, 1.54) is 10.6 Å². The van der Waals surface area contributed by atoms with Crippen LogP contribution in [0.1, 0.15) is 30.0 Å². The summed E-state index contributed by atoms with van der Waals surface area (Å²) in [5.41, 5.74) is 0.399. The van der Waals surface area contributed by atoms with Crippen LogP contribution in [0.4, 0.5) is 0 Å². The number of aromatic nitrogens is 1. The largest absolute Gasteiger partial charge is 0.336 e. The van der Waals surface area contributed by atoms with Crippen molar-refractivity contribution < 1.29 is 13.2 Å². The standard InChI is InChI=1S/C14H21N3O3S2/c1-11-15-12(9-21-11)8-16-7-5-14(13(16)18)4-3-6-17(10-14)22(2,19)20/h9H,3-8,10H2,1-2H3/t14-/m0/s1. The first-order valence-electron chi connectivity index (χ1n) is 7.46. The van der Waals surface area contributed by atoms with Gasteiger partial charge < -0.3 is 4.90 Å². The maximum absolute atomic E-state index is 12.8. The lowest BCUT2D eigenvalue weighted by Gasteiger charge is -2.37. The molecule has 1 spiro atoms. The number of rotatable bonds is 3. The molecule has 1 aromatic heterocycles. The van der Waals surface area contributed by atoms with Gasteiger partial charge in [-0.1, -0.05) is 0 Å². The molecule has 0 aromatic carbocycles. The Balaban J connectivity index is 1.74. The maximum Gasteiger partial charge on any atom is 0.230 e. The highest BCUT2D eigenvalue weighted by Gasteiger charge is 2.50. The molecule has 2 fully saturated rings. The molecule has 2 aliphatic rings. The van der Waals surface area contributed by atoms with Crippen LogP contribution in [0.5, 0.6) is 0 Å². The van der Waals surface area contributed by atoms with Gasteiger partial charge in [0, 0.05) is 25.0 Å². The normalized spacial score (nSPS) is 27.0. The van der Waals surface area contributed by atoms with Gasteiger partial charge in [-0.3, -0.25) is 4.79 Å². The summed E-state index contributed by atoms with van der Waals surface area (Å²) >= 11 is 1.58. The molecule has 8 heteroatoms. The Labute approximate surface area is 135 Å². The summed E-state index contributed by atoms with van der Waals surface area (Å²) in [6.45, 7) is 4.03. The molecule has 6 nitrogen and oxygen atoms in total. The summed E-state index contributed by atoms with van der Waals surface area (Å²) in [6, 6.07) is 0. The molecule has 0 bridgehead atoms. The molecule has 3 rings (SSSR count). The highest BCUT2D eigenvalue weighted by molar-refractivity contribution is 7.88. The first-order valence-corrected chi connectivity index (χ1v) is 10.2. The van der Waals surface area contributed by atoms with Crippen molar-refractivity contribution in [3.63, 3.8) is 0 Å². The molecular formula is C14H21N3O3S2. The van der Waals surface area contributed by atoms with Crippen molar-refractivity contribution in [1.29, 1.82) is 0 Å². The topological polar surface area (TPSA) is 70.6 Å². The molecule has 0 aliphatic carbocycles. The minimum absolute atomic E-state index is 0.0894. The Kier molecular flexibility index (Phi) is 4.03. The predicted octanol–water partition coefficient (Wildman–Crippen LogP) is 1.23. The molecule has 2 saturated heterocycles. The summed E-state index contributed by atoms with van der Waals surface area (Å²) in [5.74, 6) is 0.0894. The smallest absolute Gasteiger partial charge is 0.230 e. The van der Waals surface area contributed by atoms with Crippen molar-refractivity contribution in [2.75, 3.05) is 25.9 Å². The number of thiazole rings is 1. The van der Waals surface area contributed by atoms with E-state index in [0.717, 1.165) is 30.0 Å². The first kappa shape index (κ1) is 15.9. The molecule has 1 aromatic rings. The Hall–Kier alpha value is -0.990. The lowest BCUT2D eigenvalue weighted by molar-refractivity contribution is -0.138. The van der Waals surface area contributed by atoms with E-state index in [0.29, 0.717) is 26.2 Å². The molecule has 3 heterocycles. The van der Waals surface area contributed by atoms with Crippen molar-refractivity contribution in [1.82, 2.24) is 14.2 Å². The van der Waals surface area contributed by atoms with Crippen LogP contribution in [0.2, 0.25) is 0 Å². The van der Waals surface area contributed by atoms with E-state index in [4.69, 9.17) is 0 Å². The van der Waals surface area contributed by atoms with Gasteiger partial charge in [-0.05, 0) is 26.2 Å². The van der Waals surface area contributed by atoms with Crippen LogP contribution in [0.15, 0.2) is 5.38 Å². The molecule has 2 aliphatic heterocycles. The van der Waals surface area contributed by atoms with E-state index in [2.05, 4.69) is 4.98 Å². The number of likely N-dealkylation sites (tertiary alicyclic amines) is 1. The molecule has 0 saturated carbocycles. The molecule has 0 unspecified atom stereocenters. The van der Waals surface area contributed by atoms with Gasteiger partial charge in [0.1, 0.15) is 0 Å². The Bertz CT molecular complexity index is 685. The number of amides is 1. The van der Waals surface area contributed by atoms with Crippen LogP contribution < -0.4 is 0 Å². The SMILES string of the molecule is Cc1nc(CN2CC[C@]3(CCCN(S(C)(=O)=O)C3)C2=O)cs1. The van der Waals surface area contributed by atoms with Crippen LogP contribution in [-0.2, 0) is 21.4 Å². The lowest BCUT2D eigenvalue weighted by atomic mass is 9.79. The van der Waals surface area contributed by atoms with Crippen LogP contribution in [0.3, 0.4) is 0 Å². The van der Waals surface area contributed by atoms with Crippen molar-refractivity contribution in [3.05, 3.63) is 16.1 Å². The van der Waals surface area contributed by atoms with Crippen LogP contribution >= 0.6 is 11.3 Å². The highest BCUT2D eigenvalue weighted by Crippen LogP contribution is 2.41. The number of sulfonamides is 1. The molecule has 0 radical (unpaired) electrons. The van der Waals surface area contributed by atoms with E-state index < -0.39 is 15.4 Å². The second kappa shape index (κ2) is 5.58. The number of carbonyl (C=O) groups is 1. The fraction of sp³-hybridized carbons (Fsp3) is 0.714. The minimum Gasteiger partial charge on any atom is -0.336 e. The van der Waals surface area contributed by atoms with E-state index >= 15 is 0 Å². The van der Waals surface area contributed by atoms with Crippen LogP contribution in [-0.4, -0.2) is 54.4 Å². The van der Waals surface area contributed by atoms with Gasteiger partial charge in [0.2, 0.25) is 15.9 Å². The van der Waals surface area contributed by atoms with Crippen molar-refractivity contribution in [2.45, 2.75) is 32.7 Å². The molecule has 1 atom stereocenters. The number of aryl methyl sites for hydroxylation is 1. The molecule has 0 N–H and O–H groups in total. The maximum atomic E-state index is 12.8. The molecular weight excluding hydrogens is 322 g/mol. The van der Waals surface area contributed by atoms with Gasteiger partial charge in [0.05, 0.1) is 28.9 Å². The van der Waals surface area contributed by atoms with Crippen LogP contribution in [0.25, 0.3) is 0 Å². The monoisotopic (exact) mass is 343 g/mol. The second-order valence-electron chi connectivity index (χ2n) is 6.31. The Morgan fingerprint density at radius 3 is 2.77 bits per heavy atom. The number of carbonyl (C=O) groups excluding carboxylic acids is 1. The summed E-state index contributed by atoms with van der Waals surface area (Å²) < 4.78 is 25.1. The third kappa shape index (κ3) is 2.91. The highest BCUT2D eigenvalue weighted by atomic mass is 32.2. The summed E-state index contributed by atoms with van der Waals surface area (Å²) in [5, 5.41) is 2.98. The molecule has 22 heavy (non-hydrogen) atoms. The van der Waals surface area contributed by atoms with E-state index in [-0.39, 0.29) is 5.91 Å². The average Bonchev–Trinajstić information content (AvgIpc) is 2.98. The summed E-state index contributed by atoms with van der Waals surface area (Å²) in [7, 11) is -3.23.